The fraction of sp³-hybridized carbons (Fsp3) is 0.250. The summed E-state index contributed by atoms with van der Waals surface area (Å²) in [5.41, 5.74) is -0.535. The van der Waals surface area contributed by atoms with Crippen molar-refractivity contribution in [2.45, 2.75) is 13.3 Å². The van der Waals surface area contributed by atoms with Crippen molar-refractivity contribution in [1.82, 2.24) is 10.0 Å². The lowest BCUT2D eigenvalue weighted by Crippen LogP contribution is -2.52. The van der Waals surface area contributed by atoms with Gasteiger partial charge in [0.1, 0.15) is 6.54 Å². The first-order valence-electron chi connectivity index (χ1n) is 11.0. The summed E-state index contributed by atoms with van der Waals surface area (Å²) in [5, 5.41) is 23.3. The summed E-state index contributed by atoms with van der Waals surface area (Å²) in [5.74, 6) is -4.40. The van der Waals surface area contributed by atoms with E-state index >= 15 is 0 Å². The van der Waals surface area contributed by atoms with Gasteiger partial charge in [-0.05, 0) is 36.6 Å². The second kappa shape index (κ2) is 9.49. The van der Waals surface area contributed by atoms with Crippen LogP contribution in [-0.4, -0.2) is 49.9 Å². The van der Waals surface area contributed by atoms with E-state index in [0.29, 0.717) is 11.4 Å². The van der Waals surface area contributed by atoms with Crippen LogP contribution in [0.25, 0.3) is 0 Å². The van der Waals surface area contributed by atoms with Crippen LogP contribution in [0.1, 0.15) is 34.1 Å². The van der Waals surface area contributed by atoms with Gasteiger partial charge in [-0.3, -0.25) is 39.4 Å². The molecule has 2 aromatic rings. The molecule has 36 heavy (non-hydrogen) atoms. The van der Waals surface area contributed by atoms with Gasteiger partial charge in [0.15, 0.2) is 5.78 Å². The zero-order valence-corrected chi connectivity index (χ0v) is 19.0. The van der Waals surface area contributed by atoms with E-state index in [0.717, 1.165) is 29.3 Å². The van der Waals surface area contributed by atoms with Gasteiger partial charge in [-0.1, -0.05) is 19.1 Å². The number of rotatable bonds is 7. The van der Waals surface area contributed by atoms with Crippen molar-refractivity contribution in [2.75, 3.05) is 6.54 Å². The van der Waals surface area contributed by atoms with E-state index in [9.17, 15) is 39.4 Å². The smallest absolute Gasteiger partial charge is 0.273 e. The van der Waals surface area contributed by atoms with E-state index in [1.165, 1.54) is 24.3 Å². The second-order valence-electron chi connectivity index (χ2n) is 8.54. The van der Waals surface area contributed by atoms with Gasteiger partial charge in [-0.15, -0.1) is 0 Å². The van der Waals surface area contributed by atoms with Crippen LogP contribution >= 0.6 is 0 Å². The molecule has 0 spiro atoms. The molecule has 12 nitrogen and oxygen atoms in total. The molecule has 0 radical (unpaired) electrons. The molecule has 0 unspecified atom stereocenters. The number of nitrogens with zero attached hydrogens (tertiary/aromatic N) is 4. The molecule has 1 aliphatic carbocycles. The zero-order valence-electron chi connectivity index (χ0n) is 19.0. The Hall–Kier alpha value is -4.74. The number of allylic oxidation sites excluding steroid dienone is 2. The van der Waals surface area contributed by atoms with Gasteiger partial charge in [0, 0.05) is 35.4 Å². The summed E-state index contributed by atoms with van der Waals surface area (Å²) in [6.07, 6.45) is 3.93. The number of fused-ring (bicyclic) bond motifs is 1. The van der Waals surface area contributed by atoms with Crippen LogP contribution in [-0.2, 0) is 9.59 Å². The van der Waals surface area contributed by atoms with Crippen LogP contribution in [0.5, 0.6) is 0 Å². The standard InChI is InChI=1S/C24H20N4O8/c1-14-3-2-4-19-21(14)24(32)26(23(19)31)25(22(30)16-7-11-18(12-8-16)28(35)36)13-20(29)15-5-9-17(10-6-15)27(33)34/h2-3,5-12,14,19,21H,4,13H2,1H3/t14-,19-,21-/m1/s1. The molecular formula is C24H20N4O8. The third kappa shape index (κ3) is 4.35. The van der Waals surface area contributed by atoms with Gasteiger partial charge >= 0.3 is 0 Å². The fourth-order valence-corrected chi connectivity index (χ4v) is 4.47. The topological polar surface area (TPSA) is 161 Å². The molecule has 0 saturated carbocycles. The predicted molar refractivity (Wildman–Crippen MR) is 123 cm³/mol. The average Bonchev–Trinajstić information content (AvgIpc) is 3.12. The first-order chi connectivity index (χ1) is 17.1. The van der Waals surface area contributed by atoms with Crippen molar-refractivity contribution >= 4 is 34.9 Å². The van der Waals surface area contributed by atoms with Crippen molar-refractivity contribution < 1.29 is 29.0 Å². The number of benzene rings is 2. The van der Waals surface area contributed by atoms with Gasteiger partial charge < -0.3 is 0 Å². The highest BCUT2D eigenvalue weighted by atomic mass is 16.6. The summed E-state index contributed by atoms with van der Waals surface area (Å²) in [4.78, 5) is 73.7. The van der Waals surface area contributed by atoms with E-state index < -0.39 is 51.7 Å². The number of ketones is 1. The van der Waals surface area contributed by atoms with Crippen molar-refractivity contribution in [2.24, 2.45) is 17.8 Å². The molecule has 184 valence electrons. The van der Waals surface area contributed by atoms with Gasteiger partial charge in [-0.2, -0.15) is 5.01 Å². The third-order valence-electron chi connectivity index (χ3n) is 6.34. The number of carbonyl (C=O) groups excluding carboxylic acids is 4. The fourth-order valence-electron chi connectivity index (χ4n) is 4.47. The molecule has 2 aromatic carbocycles. The molecule has 0 N–H and O–H groups in total. The zero-order chi connectivity index (χ0) is 26.1. The Labute approximate surface area is 204 Å². The maximum Gasteiger partial charge on any atom is 0.273 e. The molecule has 2 aliphatic rings. The van der Waals surface area contributed by atoms with Crippen LogP contribution in [0.4, 0.5) is 11.4 Å². The van der Waals surface area contributed by atoms with E-state index in [1.54, 1.807) is 13.0 Å². The van der Waals surface area contributed by atoms with Crippen LogP contribution in [0.2, 0.25) is 0 Å². The number of carbonyl (C=O) groups is 4. The summed E-state index contributed by atoms with van der Waals surface area (Å²) >= 11 is 0. The molecule has 1 aliphatic heterocycles. The normalized spacial score (nSPS) is 20.7. The number of Topliss-reactive ketones (excluding diaryl/α,β-unsaturated/α-hetero) is 1. The van der Waals surface area contributed by atoms with Gasteiger partial charge in [-0.25, -0.2) is 5.01 Å². The SMILES string of the molecule is C[C@@H]1C=CC[C@H]2C(=O)N(N(CC(=O)c3ccc([N+](=O)[O-])cc3)C(=O)c3ccc([N+](=O)[O-])cc3)C(=O)[C@H]12. The third-order valence-corrected chi connectivity index (χ3v) is 6.34. The number of nitro groups is 2. The van der Waals surface area contributed by atoms with Gasteiger partial charge in [0.05, 0.1) is 21.7 Å². The molecule has 0 bridgehead atoms. The summed E-state index contributed by atoms with van der Waals surface area (Å²) < 4.78 is 0. The van der Waals surface area contributed by atoms with Crippen molar-refractivity contribution in [3.63, 3.8) is 0 Å². The lowest BCUT2D eigenvalue weighted by molar-refractivity contribution is -0.385. The molecule has 12 heteroatoms. The lowest BCUT2D eigenvalue weighted by atomic mass is 9.78. The van der Waals surface area contributed by atoms with Crippen LogP contribution < -0.4 is 0 Å². The van der Waals surface area contributed by atoms with Crippen molar-refractivity contribution in [3.05, 3.63) is 92.0 Å². The van der Waals surface area contributed by atoms with E-state index in [-0.39, 0.29) is 28.4 Å². The number of imide groups is 1. The highest BCUT2D eigenvalue weighted by Gasteiger charge is 2.53. The van der Waals surface area contributed by atoms with E-state index in [1.807, 2.05) is 6.08 Å². The van der Waals surface area contributed by atoms with E-state index in [2.05, 4.69) is 0 Å². The monoisotopic (exact) mass is 492 g/mol. The maximum atomic E-state index is 13.5. The summed E-state index contributed by atoms with van der Waals surface area (Å²) in [6.45, 7) is 1.08. The minimum atomic E-state index is -0.874. The number of amides is 3. The molecule has 4 rings (SSSR count). The number of hydrogen-bond acceptors (Lipinski definition) is 8. The molecular weight excluding hydrogens is 472 g/mol. The summed E-state index contributed by atoms with van der Waals surface area (Å²) in [7, 11) is 0. The molecule has 3 atom stereocenters. The molecule has 1 fully saturated rings. The predicted octanol–water partition coefficient (Wildman–Crippen LogP) is 2.94. The average molecular weight is 492 g/mol. The lowest BCUT2D eigenvalue weighted by Gasteiger charge is -2.30. The van der Waals surface area contributed by atoms with Crippen molar-refractivity contribution in [3.8, 4) is 0 Å². The number of non-ortho nitro benzene ring substituents is 2. The quantitative estimate of drug-likeness (QED) is 0.187. The number of nitro benzene ring substituents is 2. The molecule has 0 aromatic heterocycles. The van der Waals surface area contributed by atoms with E-state index in [4.69, 9.17) is 0 Å². The highest BCUT2D eigenvalue weighted by molar-refractivity contribution is 6.10. The largest absolute Gasteiger partial charge is 0.292 e. The number of hydrazine groups is 1. The first kappa shape index (κ1) is 24.4. The maximum absolute atomic E-state index is 13.5. The Bertz CT molecular complexity index is 1300. The Kier molecular flexibility index (Phi) is 6.43. The van der Waals surface area contributed by atoms with Crippen molar-refractivity contribution in [1.29, 1.82) is 0 Å². The van der Waals surface area contributed by atoms with Gasteiger partial charge in [0.2, 0.25) is 0 Å². The molecule has 1 heterocycles. The Morgan fingerprint density at radius 1 is 0.917 bits per heavy atom. The molecule has 1 saturated heterocycles. The Morgan fingerprint density at radius 2 is 1.44 bits per heavy atom. The number of hydrogen-bond donors (Lipinski definition) is 0. The summed E-state index contributed by atoms with van der Waals surface area (Å²) in [6, 6.07) is 9.24. The minimum Gasteiger partial charge on any atom is -0.292 e. The Morgan fingerprint density at radius 3 is 1.94 bits per heavy atom. The van der Waals surface area contributed by atoms with Crippen LogP contribution in [0.3, 0.4) is 0 Å². The van der Waals surface area contributed by atoms with Crippen LogP contribution in [0, 0.1) is 38.0 Å². The first-order valence-corrected chi connectivity index (χ1v) is 11.0. The highest BCUT2D eigenvalue weighted by Crippen LogP contribution is 2.39. The molecule has 3 amide bonds. The minimum absolute atomic E-state index is 0.0358. The second-order valence-corrected chi connectivity index (χ2v) is 8.54. The van der Waals surface area contributed by atoms with Gasteiger partial charge in [0.25, 0.3) is 29.1 Å². The van der Waals surface area contributed by atoms with Crippen LogP contribution in [0.15, 0.2) is 60.7 Å². The Balaban J connectivity index is 1.69.